The number of amides is 2. The van der Waals surface area contributed by atoms with Gasteiger partial charge < -0.3 is 4.74 Å². The SMILES string of the molecule is O=C(C[C@H]1C=CCC1)NNC(=O)c1ccc(COc2ccccc2)cc1. The number of carbonyl (C=O) groups excluding carboxylic acids is 2. The molecule has 0 fully saturated rings. The molecule has 26 heavy (non-hydrogen) atoms. The maximum Gasteiger partial charge on any atom is 0.269 e. The monoisotopic (exact) mass is 350 g/mol. The molecule has 5 heteroatoms. The summed E-state index contributed by atoms with van der Waals surface area (Å²) in [7, 11) is 0. The van der Waals surface area contributed by atoms with E-state index in [1.165, 1.54) is 0 Å². The molecule has 1 aliphatic carbocycles. The Hall–Kier alpha value is -3.08. The van der Waals surface area contributed by atoms with Crippen molar-refractivity contribution in [3.8, 4) is 5.75 Å². The zero-order valence-electron chi connectivity index (χ0n) is 14.5. The van der Waals surface area contributed by atoms with Gasteiger partial charge in [0.1, 0.15) is 12.4 Å². The van der Waals surface area contributed by atoms with Crippen LogP contribution in [0.25, 0.3) is 0 Å². The molecule has 134 valence electrons. The summed E-state index contributed by atoms with van der Waals surface area (Å²) in [6, 6.07) is 16.7. The minimum atomic E-state index is -0.337. The van der Waals surface area contributed by atoms with E-state index >= 15 is 0 Å². The normalized spacial score (nSPS) is 15.5. The molecule has 3 rings (SSSR count). The highest BCUT2D eigenvalue weighted by molar-refractivity contribution is 5.95. The first-order chi connectivity index (χ1) is 12.7. The zero-order chi connectivity index (χ0) is 18.2. The molecular weight excluding hydrogens is 328 g/mol. The topological polar surface area (TPSA) is 67.4 Å². The summed E-state index contributed by atoms with van der Waals surface area (Å²) in [6.07, 6.45) is 6.54. The van der Waals surface area contributed by atoms with Crippen LogP contribution >= 0.6 is 0 Å². The van der Waals surface area contributed by atoms with Crippen molar-refractivity contribution in [1.29, 1.82) is 0 Å². The van der Waals surface area contributed by atoms with Gasteiger partial charge in [0.05, 0.1) is 0 Å². The van der Waals surface area contributed by atoms with E-state index in [1.54, 1.807) is 12.1 Å². The summed E-state index contributed by atoms with van der Waals surface area (Å²) in [5.41, 5.74) is 6.37. The van der Waals surface area contributed by atoms with Crippen molar-refractivity contribution in [2.45, 2.75) is 25.9 Å². The van der Waals surface area contributed by atoms with Gasteiger partial charge >= 0.3 is 0 Å². The Kier molecular flexibility index (Phi) is 6.04. The molecule has 0 aromatic heterocycles. The van der Waals surface area contributed by atoms with Gasteiger partial charge in [0, 0.05) is 12.0 Å². The number of benzene rings is 2. The number of hydrogen-bond donors (Lipinski definition) is 2. The summed E-state index contributed by atoms with van der Waals surface area (Å²) in [6.45, 7) is 0.428. The van der Waals surface area contributed by atoms with Crippen molar-refractivity contribution in [2.75, 3.05) is 0 Å². The van der Waals surface area contributed by atoms with Crippen LogP contribution in [0.1, 0.15) is 35.2 Å². The first kappa shape index (κ1) is 17.7. The van der Waals surface area contributed by atoms with E-state index in [4.69, 9.17) is 4.74 Å². The van der Waals surface area contributed by atoms with Crippen molar-refractivity contribution in [3.05, 3.63) is 77.9 Å². The Morgan fingerprint density at radius 3 is 2.46 bits per heavy atom. The van der Waals surface area contributed by atoms with Crippen LogP contribution in [0, 0.1) is 5.92 Å². The van der Waals surface area contributed by atoms with E-state index in [2.05, 4.69) is 23.0 Å². The lowest BCUT2D eigenvalue weighted by Gasteiger charge is -2.10. The van der Waals surface area contributed by atoms with Crippen LogP contribution in [0.5, 0.6) is 5.75 Å². The van der Waals surface area contributed by atoms with Gasteiger partial charge in [0.2, 0.25) is 5.91 Å². The van der Waals surface area contributed by atoms with Crippen molar-refractivity contribution in [3.63, 3.8) is 0 Å². The van der Waals surface area contributed by atoms with Gasteiger partial charge in [-0.05, 0) is 48.6 Å². The van der Waals surface area contributed by atoms with Gasteiger partial charge in [0.15, 0.2) is 0 Å². The van der Waals surface area contributed by atoms with E-state index in [1.807, 2.05) is 42.5 Å². The predicted octanol–water partition coefficient (Wildman–Crippen LogP) is 3.38. The van der Waals surface area contributed by atoms with Crippen LogP contribution in [-0.4, -0.2) is 11.8 Å². The van der Waals surface area contributed by atoms with Crippen LogP contribution in [0.4, 0.5) is 0 Å². The van der Waals surface area contributed by atoms with Crippen molar-refractivity contribution < 1.29 is 14.3 Å². The molecule has 0 saturated carbocycles. The number of allylic oxidation sites excluding steroid dienone is 2. The third-order valence-corrected chi connectivity index (χ3v) is 4.24. The molecule has 0 radical (unpaired) electrons. The summed E-state index contributed by atoms with van der Waals surface area (Å²) in [4.78, 5) is 23.9. The summed E-state index contributed by atoms with van der Waals surface area (Å²) in [5, 5.41) is 0. The van der Waals surface area contributed by atoms with Crippen LogP contribution in [0.2, 0.25) is 0 Å². The summed E-state index contributed by atoms with van der Waals surface area (Å²) < 4.78 is 5.67. The van der Waals surface area contributed by atoms with Gasteiger partial charge in [-0.1, -0.05) is 42.5 Å². The van der Waals surface area contributed by atoms with Gasteiger partial charge in [0.25, 0.3) is 5.91 Å². The molecule has 0 heterocycles. The molecule has 1 aliphatic rings. The molecule has 5 nitrogen and oxygen atoms in total. The van der Waals surface area contributed by atoms with Crippen LogP contribution in [0.3, 0.4) is 0 Å². The molecule has 2 N–H and O–H groups in total. The third kappa shape index (κ3) is 5.21. The van der Waals surface area contributed by atoms with Crippen LogP contribution < -0.4 is 15.6 Å². The maximum absolute atomic E-state index is 12.1. The van der Waals surface area contributed by atoms with Gasteiger partial charge in [-0.15, -0.1) is 0 Å². The molecule has 0 saturated heterocycles. The largest absolute Gasteiger partial charge is 0.489 e. The lowest BCUT2D eigenvalue weighted by molar-refractivity contribution is -0.122. The fourth-order valence-electron chi connectivity index (χ4n) is 2.79. The van der Waals surface area contributed by atoms with Gasteiger partial charge in [-0.25, -0.2) is 0 Å². The first-order valence-corrected chi connectivity index (χ1v) is 8.73. The number of nitrogens with one attached hydrogen (secondary N) is 2. The second-order valence-electron chi connectivity index (χ2n) is 6.27. The number of hydrazine groups is 1. The second-order valence-corrected chi connectivity index (χ2v) is 6.27. The smallest absolute Gasteiger partial charge is 0.269 e. The van der Waals surface area contributed by atoms with Crippen LogP contribution in [0.15, 0.2) is 66.7 Å². The zero-order valence-corrected chi connectivity index (χ0v) is 14.5. The number of para-hydroxylation sites is 1. The van der Waals surface area contributed by atoms with Crippen molar-refractivity contribution in [1.82, 2.24) is 10.9 Å². The Morgan fingerprint density at radius 2 is 1.77 bits per heavy atom. The summed E-state index contributed by atoms with van der Waals surface area (Å²) >= 11 is 0. The van der Waals surface area contributed by atoms with Gasteiger partial charge in [-0.2, -0.15) is 0 Å². The maximum atomic E-state index is 12.1. The van der Waals surface area contributed by atoms with Crippen LogP contribution in [-0.2, 0) is 11.4 Å². The van der Waals surface area contributed by atoms with E-state index in [0.717, 1.165) is 24.2 Å². The highest BCUT2D eigenvalue weighted by atomic mass is 16.5. The van der Waals surface area contributed by atoms with Crippen molar-refractivity contribution in [2.24, 2.45) is 5.92 Å². The number of ether oxygens (including phenoxy) is 1. The fraction of sp³-hybridized carbons (Fsp3) is 0.238. The molecule has 0 spiro atoms. The average Bonchev–Trinajstić information content (AvgIpc) is 3.18. The highest BCUT2D eigenvalue weighted by Crippen LogP contribution is 2.19. The summed E-state index contributed by atoms with van der Waals surface area (Å²) in [5.74, 6) is 0.559. The Bertz CT molecular complexity index is 770. The Labute approximate surface area is 153 Å². The molecule has 0 unspecified atom stereocenters. The average molecular weight is 350 g/mol. The minimum absolute atomic E-state index is 0.178. The molecule has 0 bridgehead atoms. The standard InChI is InChI=1S/C21H22N2O3/c24-20(14-16-6-4-5-7-16)22-23-21(25)18-12-10-17(11-13-18)15-26-19-8-2-1-3-9-19/h1-4,6,8-13,16H,5,7,14-15H2,(H,22,24)(H,23,25)/t16-/m0/s1. The Balaban J connectivity index is 1.44. The quantitative estimate of drug-likeness (QED) is 0.620. The minimum Gasteiger partial charge on any atom is -0.489 e. The van der Waals surface area contributed by atoms with E-state index in [9.17, 15) is 9.59 Å². The first-order valence-electron chi connectivity index (χ1n) is 8.73. The Morgan fingerprint density at radius 1 is 1.00 bits per heavy atom. The molecule has 2 amide bonds. The number of hydrogen-bond acceptors (Lipinski definition) is 3. The lowest BCUT2D eigenvalue weighted by Crippen LogP contribution is -2.42. The molecule has 2 aromatic carbocycles. The lowest BCUT2D eigenvalue weighted by atomic mass is 10.1. The highest BCUT2D eigenvalue weighted by Gasteiger charge is 2.14. The van der Waals surface area contributed by atoms with E-state index in [0.29, 0.717) is 18.6 Å². The molecular formula is C21H22N2O3. The number of carbonyl (C=O) groups is 2. The van der Waals surface area contributed by atoms with E-state index in [-0.39, 0.29) is 17.7 Å². The second kappa shape index (κ2) is 8.85. The van der Waals surface area contributed by atoms with Gasteiger partial charge in [-0.3, -0.25) is 20.4 Å². The number of rotatable bonds is 6. The molecule has 0 aliphatic heterocycles. The van der Waals surface area contributed by atoms with E-state index < -0.39 is 0 Å². The predicted molar refractivity (Wildman–Crippen MR) is 99.3 cm³/mol. The molecule has 2 aromatic rings. The third-order valence-electron chi connectivity index (χ3n) is 4.24. The fourth-order valence-corrected chi connectivity index (χ4v) is 2.79. The molecule has 1 atom stereocenters. The van der Waals surface area contributed by atoms with Crippen molar-refractivity contribution >= 4 is 11.8 Å².